The molecule has 27 heavy (non-hydrogen) atoms. The lowest BCUT2D eigenvalue weighted by Gasteiger charge is -2.15. The van der Waals surface area contributed by atoms with Crippen LogP contribution in [0, 0.1) is 11.3 Å². The molecular formula is C23H17N3O. The zero-order valence-corrected chi connectivity index (χ0v) is 14.8. The van der Waals surface area contributed by atoms with Gasteiger partial charge in [-0.3, -0.25) is 0 Å². The van der Waals surface area contributed by atoms with Gasteiger partial charge in [0, 0.05) is 17.4 Å². The normalized spacial score (nSPS) is 10.4. The van der Waals surface area contributed by atoms with E-state index >= 15 is 0 Å². The molecular weight excluding hydrogens is 334 g/mol. The molecule has 4 heteroatoms. The van der Waals surface area contributed by atoms with Crippen molar-refractivity contribution >= 4 is 22.3 Å². The second-order valence-electron chi connectivity index (χ2n) is 6.08. The highest BCUT2D eigenvalue weighted by Gasteiger charge is 2.13. The largest absolute Gasteiger partial charge is 0.496 e. The van der Waals surface area contributed by atoms with Gasteiger partial charge in [-0.2, -0.15) is 5.26 Å². The van der Waals surface area contributed by atoms with Gasteiger partial charge in [-0.25, -0.2) is 4.98 Å². The smallest absolute Gasteiger partial charge is 0.142 e. The second-order valence-corrected chi connectivity index (χ2v) is 6.08. The van der Waals surface area contributed by atoms with E-state index in [0.29, 0.717) is 5.56 Å². The minimum Gasteiger partial charge on any atom is -0.496 e. The van der Waals surface area contributed by atoms with Crippen LogP contribution in [0.15, 0.2) is 79.0 Å². The van der Waals surface area contributed by atoms with Crippen molar-refractivity contribution in [3.05, 3.63) is 84.6 Å². The summed E-state index contributed by atoms with van der Waals surface area (Å²) in [6.45, 7) is 0. The lowest BCUT2D eigenvalue weighted by Crippen LogP contribution is -1.98. The summed E-state index contributed by atoms with van der Waals surface area (Å²) in [4.78, 5) is 4.67. The summed E-state index contributed by atoms with van der Waals surface area (Å²) in [6.07, 6.45) is 1.86. The fourth-order valence-electron chi connectivity index (χ4n) is 3.14. The Balaban J connectivity index is 1.90. The summed E-state index contributed by atoms with van der Waals surface area (Å²) in [5.74, 6) is 1.50. The third-order valence-corrected chi connectivity index (χ3v) is 4.46. The van der Waals surface area contributed by atoms with E-state index < -0.39 is 0 Å². The Labute approximate surface area is 157 Å². The number of hydrogen-bond donors (Lipinski definition) is 1. The summed E-state index contributed by atoms with van der Waals surface area (Å²) in [6, 6.07) is 25.6. The number of benzene rings is 3. The summed E-state index contributed by atoms with van der Waals surface area (Å²) < 4.78 is 5.61. The van der Waals surface area contributed by atoms with E-state index in [-0.39, 0.29) is 0 Å². The Hall–Kier alpha value is -3.84. The van der Waals surface area contributed by atoms with Crippen molar-refractivity contribution in [1.29, 1.82) is 5.26 Å². The van der Waals surface area contributed by atoms with Crippen LogP contribution in [0.25, 0.3) is 21.9 Å². The van der Waals surface area contributed by atoms with Crippen molar-refractivity contribution in [1.82, 2.24) is 4.98 Å². The van der Waals surface area contributed by atoms with E-state index in [9.17, 15) is 0 Å². The number of aromatic nitrogens is 1. The third-order valence-electron chi connectivity index (χ3n) is 4.46. The molecule has 0 saturated heterocycles. The van der Waals surface area contributed by atoms with Crippen LogP contribution >= 0.6 is 0 Å². The lowest BCUT2D eigenvalue weighted by molar-refractivity contribution is 0.420. The van der Waals surface area contributed by atoms with E-state index in [1.54, 1.807) is 7.11 Å². The van der Waals surface area contributed by atoms with Gasteiger partial charge in [0.2, 0.25) is 0 Å². The number of methoxy groups -OCH3 is 1. The van der Waals surface area contributed by atoms with Crippen LogP contribution in [0.1, 0.15) is 5.56 Å². The van der Waals surface area contributed by atoms with E-state index in [0.717, 1.165) is 39.2 Å². The van der Waals surface area contributed by atoms with Crippen LogP contribution in [0.5, 0.6) is 5.75 Å². The fourth-order valence-corrected chi connectivity index (χ4v) is 3.14. The second kappa shape index (κ2) is 7.19. The Morgan fingerprint density at radius 3 is 2.41 bits per heavy atom. The molecule has 4 nitrogen and oxygen atoms in total. The van der Waals surface area contributed by atoms with E-state index in [1.165, 1.54) is 0 Å². The van der Waals surface area contributed by atoms with Gasteiger partial charge >= 0.3 is 0 Å². The van der Waals surface area contributed by atoms with Gasteiger partial charge in [-0.15, -0.1) is 0 Å². The number of fused-ring (bicyclic) bond motifs is 1. The summed E-state index contributed by atoms with van der Waals surface area (Å²) in [5, 5.41) is 14.4. The quantitative estimate of drug-likeness (QED) is 0.525. The number of anilines is 2. The number of nitrogens with one attached hydrogen (secondary N) is 1. The number of nitriles is 1. The zero-order valence-electron chi connectivity index (χ0n) is 14.8. The summed E-state index contributed by atoms with van der Waals surface area (Å²) >= 11 is 0. The highest BCUT2D eigenvalue weighted by atomic mass is 16.5. The summed E-state index contributed by atoms with van der Waals surface area (Å²) in [5.41, 5.74) is 3.59. The molecule has 3 aromatic carbocycles. The van der Waals surface area contributed by atoms with Crippen molar-refractivity contribution in [2.75, 3.05) is 12.4 Å². The first-order chi connectivity index (χ1) is 13.3. The Kier molecular flexibility index (Phi) is 4.42. The molecule has 1 aromatic heterocycles. The molecule has 0 bridgehead atoms. The van der Waals surface area contributed by atoms with Crippen LogP contribution in [-0.2, 0) is 0 Å². The summed E-state index contributed by atoms with van der Waals surface area (Å²) in [7, 11) is 1.66. The topological polar surface area (TPSA) is 57.9 Å². The predicted octanol–water partition coefficient (Wildman–Crippen LogP) is 5.53. The molecule has 0 spiro atoms. The Morgan fingerprint density at radius 1 is 0.926 bits per heavy atom. The molecule has 0 amide bonds. The van der Waals surface area contributed by atoms with Crippen LogP contribution in [0.3, 0.4) is 0 Å². The van der Waals surface area contributed by atoms with Gasteiger partial charge in [0.25, 0.3) is 0 Å². The van der Waals surface area contributed by atoms with Crippen LogP contribution in [-0.4, -0.2) is 12.1 Å². The number of hydrogen-bond acceptors (Lipinski definition) is 4. The first-order valence-electron chi connectivity index (χ1n) is 8.58. The molecule has 0 aliphatic carbocycles. The molecule has 4 rings (SSSR count). The molecule has 0 saturated carbocycles. The van der Waals surface area contributed by atoms with E-state index in [4.69, 9.17) is 10.00 Å². The van der Waals surface area contributed by atoms with Crippen LogP contribution in [0.4, 0.5) is 11.5 Å². The highest BCUT2D eigenvalue weighted by Crippen LogP contribution is 2.38. The molecule has 1 N–H and O–H groups in total. The highest BCUT2D eigenvalue weighted by molar-refractivity contribution is 6.05. The van der Waals surface area contributed by atoms with Gasteiger partial charge in [0.05, 0.1) is 24.1 Å². The Morgan fingerprint density at radius 2 is 1.70 bits per heavy atom. The molecule has 130 valence electrons. The van der Waals surface area contributed by atoms with Gasteiger partial charge in [-0.1, -0.05) is 42.5 Å². The van der Waals surface area contributed by atoms with Crippen LogP contribution in [0.2, 0.25) is 0 Å². The SMILES string of the molecule is COc1cccc2c(-c3ccc(C#N)cc3)cnc(Nc3ccccc3)c12. The van der Waals surface area contributed by atoms with Crippen molar-refractivity contribution < 1.29 is 4.74 Å². The van der Waals surface area contributed by atoms with Gasteiger partial charge in [0.1, 0.15) is 11.6 Å². The number of pyridine rings is 1. The van der Waals surface area contributed by atoms with Crippen molar-refractivity contribution in [3.8, 4) is 22.9 Å². The van der Waals surface area contributed by atoms with Gasteiger partial charge in [-0.05, 0) is 41.3 Å². The van der Waals surface area contributed by atoms with Gasteiger partial charge in [0.15, 0.2) is 0 Å². The minimum atomic E-state index is 0.635. The Bertz CT molecular complexity index is 1130. The van der Waals surface area contributed by atoms with Crippen molar-refractivity contribution in [3.63, 3.8) is 0 Å². The zero-order chi connectivity index (χ0) is 18.6. The standard InChI is InChI=1S/C23H17N3O/c1-27-21-9-5-8-19-20(17-12-10-16(14-24)11-13-17)15-25-23(22(19)21)26-18-6-3-2-4-7-18/h2-13,15H,1H3,(H,25,26). The first-order valence-corrected chi connectivity index (χ1v) is 8.58. The molecule has 0 fully saturated rings. The monoisotopic (exact) mass is 351 g/mol. The van der Waals surface area contributed by atoms with Crippen molar-refractivity contribution in [2.24, 2.45) is 0 Å². The lowest BCUT2D eigenvalue weighted by atomic mass is 9.99. The maximum atomic E-state index is 9.03. The maximum absolute atomic E-state index is 9.03. The average molecular weight is 351 g/mol. The molecule has 0 aliphatic heterocycles. The van der Waals surface area contributed by atoms with E-state index in [2.05, 4.69) is 22.4 Å². The number of para-hydroxylation sites is 1. The third kappa shape index (κ3) is 3.19. The molecule has 4 aromatic rings. The maximum Gasteiger partial charge on any atom is 0.142 e. The number of ether oxygens (including phenoxy) is 1. The molecule has 0 unspecified atom stereocenters. The van der Waals surface area contributed by atoms with Crippen LogP contribution < -0.4 is 10.1 Å². The average Bonchev–Trinajstić information content (AvgIpc) is 2.74. The first kappa shape index (κ1) is 16.6. The molecule has 0 aliphatic rings. The molecule has 1 heterocycles. The molecule has 0 radical (unpaired) electrons. The number of rotatable bonds is 4. The predicted molar refractivity (Wildman–Crippen MR) is 108 cm³/mol. The van der Waals surface area contributed by atoms with Gasteiger partial charge < -0.3 is 10.1 Å². The fraction of sp³-hybridized carbons (Fsp3) is 0.0435. The number of nitrogens with zero attached hydrogens (tertiary/aromatic N) is 2. The van der Waals surface area contributed by atoms with E-state index in [1.807, 2.05) is 72.9 Å². The molecule has 0 atom stereocenters. The minimum absolute atomic E-state index is 0.635. The van der Waals surface area contributed by atoms with Crippen molar-refractivity contribution in [2.45, 2.75) is 0 Å².